The summed E-state index contributed by atoms with van der Waals surface area (Å²) >= 11 is 0. The maximum absolute atomic E-state index is 12.3. The van der Waals surface area contributed by atoms with Crippen LogP contribution < -0.4 is 0 Å². The molecule has 0 N–H and O–H groups in total. The SMILES string of the molecule is CCCC(C#N)C(=O)N1CCN2CCCCC2C1. The monoisotopic (exact) mass is 249 g/mol. The molecule has 2 fully saturated rings. The van der Waals surface area contributed by atoms with Crippen LogP contribution in [0.1, 0.15) is 39.0 Å². The molecule has 2 saturated heterocycles. The molecular weight excluding hydrogens is 226 g/mol. The van der Waals surface area contributed by atoms with Crippen LogP contribution in [0.4, 0.5) is 0 Å². The molecule has 0 radical (unpaired) electrons. The van der Waals surface area contributed by atoms with Gasteiger partial charge in [0, 0.05) is 25.7 Å². The average molecular weight is 249 g/mol. The first kappa shape index (κ1) is 13.4. The minimum absolute atomic E-state index is 0.0598. The van der Waals surface area contributed by atoms with E-state index in [0.29, 0.717) is 12.5 Å². The number of nitrogens with zero attached hydrogens (tertiary/aromatic N) is 3. The van der Waals surface area contributed by atoms with Gasteiger partial charge in [-0.1, -0.05) is 19.8 Å². The lowest BCUT2D eigenvalue weighted by atomic mass is 9.97. The lowest BCUT2D eigenvalue weighted by molar-refractivity contribution is -0.137. The topological polar surface area (TPSA) is 47.3 Å². The molecule has 18 heavy (non-hydrogen) atoms. The number of nitriles is 1. The van der Waals surface area contributed by atoms with Gasteiger partial charge in [0.05, 0.1) is 6.07 Å². The Labute approximate surface area is 110 Å². The first-order chi connectivity index (χ1) is 8.76. The van der Waals surface area contributed by atoms with Gasteiger partial charge in [-0.15, -0.1) is 0 Å². The molecule has 0 aromatic heterocycles. The third-order valence-electron chi connectivity index (χ3n) is 4.18. The zero-order chi connectivity index (χ0) is 13.0. The fourth-order valence-corrected chi connectivity index (χ4v) is 3.11. The van der Waals surface area contributed by atoms with E-state index in [1.807, 2.05) is 11.8 Å². The molecule has 0 spiro atoms. The largest absolute Gasteiger partial charge is 0.339 e. The first-order valence-electron chi connectivity index (χ1n) is 7.18. The molecule has 1 amide bonds. The normalized spacial score (nSPS) is 26.2. The molecule has 2 unspecified atom stereocenters. The highest BCUT2D eigenvalue weighted by Gasteiger charge is 2.33. The minimum atomic E-state index is -0.426. The Morgan fingerprint density at radius 1 is 1.39 bits per heavy atom. The molecule has 100 valence electrons. The van der Waals surface area contributed by atoms with Crippen molar-refractivity contribution in [2.45, 2.75) is 45.1 Å². The standard InChI is InChI=1S/C14H23N3O/c1-2-5-12(10-15)14(18)17-9-8-16-7-4-3-6-13(16)11-17/h12-13H,2-9,11H2,1H3. The number of carbonyl (C=O) groups excluding carboxylic acids is 1. The molecular formula is C14H23N3O. The van der Waals surface area contributed by atoms with Crippen LogP contribution in [-0.2, 0) is 4.79 Å². The second kappa shape index (κ2) is 6.19. The fourth-order valence-electron chi connectivity index (χ4n) is 3.11. The third kappa shape index (κ3) is 2.84. The van der Waals surface area contributed by atoms with Gasteiger partial charge in [0.2, 0.25) is 5.91 Å². The average Bonchev–Trinajstić information content (AvgIpc) is 2.43. The van der Waals surface area contributed by atoms with Gasteiger partial charge in [-0.3, -0.25) is 9.69 Å². The Balaban J connectivity index is 1.93. The van der Waals surface area contributed by atoms with E-state index in [0.717, 1.165) is 26.1 Å². The predicted octanol–water partition coefficient (Wildman–Crippen LogP) is 1.62. The molecule has 0 aromatic carbocycles. The minimum Gasteiger partial charge on any atom is -0.339 e. The van der Waals surface area contributed by atoms with Gasteiger partial charge in [-0.25, -0.2) is 0 Å². The van der Waals surface area contributed by atoms with Crippen molar-refractivity contribution in [1.82, 2.24) is 9.80 Å². The molecule has 2 aliphatic rings. The van der Waals surface area contributed by atoms with Gasteiger partial charge < -0.3 is 4.90 Å². The number of fused-ring (bicyclic) bond motifs is 1. The van der Waals surface area contributed by atoms with E-state index in [9.17, 15) is 4.79 Å². The maximum Gasteiger partial charge on any atom is 0.240 e. The van der Waals surface area contributed by atoms with Gasteiger partial charge >= 0.3 is 0 Å². The summed E-state index contributed by atoms with van der Waals surface area (Å²) in [6, 6.07) is 2.71. The van der Waals surface area contributed by atoms with Crippen LogP contribution in [0, 0.1) is 17.2 Å². The number of amides is 1. The fraction of sp³-hybridized carbons (Fsp3) is 0.857. The van der Waals surface area contributed by atoms with Crippen LogP contribution in [0.3, 0.4) is 0 Å². The Morgan fingerprint density at radius 2 is 2.22 bits per heavy atom. The Hall–Kier alpha value is -1.08. The summed E-state index contributed by atoms with van der Waals surface area (Å²) in [5.41, 5.74) is 0. The summed E-state index contributed by atoms with van der Waals surface area (Å²) in [6.07, 6.45) is 5.36. The van der Waals surface area contributed by atoms with Gasteiger partial charge in [0.25, 0.3) is 0 Å². The molecule has 0 bridgehead atoms. The molecule has 0 aliphatic carbocycles. The summed E-state index contributed by atoms with van der Waals surface area (Å²) in [7, 11) is 0. The maximum atomic E-state index is 12.3. The van der Waals surface area contributed by atoms with Crippen molar-refractivity contribution in [3.8, 4) is 6.07 Å². The first-order valence-corrected chi connectivity index (χ1v) is 7.18. The Kier molecular flexibility index (Phi) is 4.60. The number of hydrogen-bond donors (Lipinski definition) is 0. The lowest BCUT2D eigenvalue weighted by Gasteiger charge is -2.44. The smallest absolute Gasteiger partial charge is 0.240 e. The summed E-state index contributed by atoms with van der Waals surface area (Å²) < 4.78 is 0. The molecule has 2 aliphatic heterocycles. The molecule has 2 rings (SSSR count). The van der Waals surface area contributed by atoms with Crippen molar-refractivity contribution in [2.75, 3.05) is 26.2 Å². The molecule has 0 saturated carbocycles. The van der Waals surface area contributed by atoms with E-state index in [4.69, 9.17) is 5.26 Å². The van der Waals surface area contributed by atoms with E-state index in [1.165, 1.54) is 25.8 Å². The van der Waals surface area contributed by atoms with Gasteiger partial charge in [0.15, 0.2) is 0 Å². The second-order valence-corrected chi connectivity index (χ2v) is 5.44. The zero-order valence-corrected chi connectivity index (χ0v) is 11.3. The van der Waals surface area contributed by atoms with Crippen molar-refractivity contribution in [3.05, 3.63) is 0 Å². The van der Waals surface area contributed by atoms with E-state index >= 15 is 0 Å². The van der Waals surface area contributed by atoms with Crippen molar-refractivity contribution in [3.63, 3.8) is 0 Å². The summed E-state index contributed by atoms with van der Waals surface area (Å²) in [5, 5.41) is 9.08. The lowest BCUT2D eigenvalue weighted by Crippen LogP contribution is -2.57. The molecule has 2 heterocycles. The van der Waals surface area contributed by atoms with Crippen LogP contribution in [0.25, 0.3) is 0 Å². The second-order valence-electron chi connectivity index (χ2n) is 5.44. The molecule has 4 heteroatoms. The van der Waals surface area contributed by atoms with E-state index in [-0.39, 0.29) is 5.91 Å². The van der Waals surface area contributed by atoms with Crippen molar-refractivity contribution < 1.29 is 4.79 Å². The number of piperazine rings is 1. The Morgan fingerprint density at radius 3 is 2.94 bits per heavy atom. The van der Waals surface area contributed by atoms with Gasteiger partial charge in [-0.2, -0.15) is 5.26 Å². The summed E-state index contributed by atoms with van der Waals surface area (Å²) in [6.45, 7) is 5.83. The highest BCUT2D eigenvalue weighted by Crippen LogP contribution is 2.22. The highest BCUT2D eigenvalue weighted by molar-refractivity contribution is 5.81. The summed E-state index contributed by atoms with van der Waals surface area (Å²) in [4.78, 5) is 16.7. The molecule has 0 aromatic rings. The third-order valence-corrected chi connectivity index (χ3v) is 4.18. The predicted molar refractivity (Wildman–Crippen MR) is 69.8 cm³/mol. The van der Waals surface area contributed by atoms with Gasteiger partial charge in [-0.05, 0) is 25.8 Å². The van der Waals surface area contributed by atoms with Crippen molar-refractivity contribution >= 4 is 5.91 Å². The van der Waals surface area contributed by atoms with Crippen LogP contribution in [0.5, 0.6) is 0 Å². The van der Waals surface area contributed by atoms with Crippen molar-refractivity contribution in [2.24, 2.45) is 5.92 Å². The number of carbonyl (C=O) groups is 1. The zero-order valence-electron chi connectivity index (χ0n) is 11.3. The Bertz CT molecular complexity index is 336. The number of hydrogen-bond acceptors (Lipinski definition) is 3. The number of piperidine rings is 1. The highest BCUT2D eigenvalue weighted by atomic mass is 16.2. The molecule has 2 atom stereocenters. The quantitative estimate of drug-likeness (QED) is 0.763. The molecule has 4 nitrogen and oxygen atoms in total. The summed E-state index contributed by atoms with van der Waals surface area (Å²) in [5.74, 6) is -0.366. The van der Waals surface area contributed by atoms with Crippen molar-refractivity contribution in [1.29, 1.82) is 5.26 Å². The van der Waals surface area contributed by atoms with E-state index in [2.05, 4.69) is 11.0 Å². The van der Waals surface area contributed by atoms with Crippen LogP contribution in [0.15, 0.2) is 0 Å². The van der Waals surface area contributed by atoms with E-state index < -0.39 is 5.92 Å². The van der Waals surface area contributed by atoms with Crippen LogP contribution in [-0.4, -0.2) is 47.9 Å². The van der Waals surface area contributed by atoms with Gasteiger partial charge in [0.1, 0.15) is 5.92 Å². The van der Waals surface area contributed by atoms with Crippen LogP contribution >= 0.6 is 0 Å². The van der Waals surface area contributed by atoms with E-state index in [1.54, 1.807) is 0 Å². The number of rotatable bonds is 3. The van der Waals surface area contributed by atoms with Crippen LogP contribution in [0.2, 0.25) is 0 Å².